The van der Waals surface area contributed by atoms with Crippen molar-refractivity contribution in [3.63, 3.8) is 0 Å². The minimum absolute atomic E-state index is 0.0211. The number of amides is 2. The van der Waals surface area contributed by atoms with E-state index in [1.54, 1.807) is 26.0 Å². The first-order valence-electron chi connectivity index (χ1n) is 12.1. The second-order valence-electron chi connectivity index (χ2n) is 9.68. The van der Waals surface area contributed by atoms with Crippen LogP contribution >= 0.6 is 0 Å². The highest BCUT2D eigenvalue weighted by atomic mass is 32.2. The number of guanidine groups is 1. The Bertz CT molecular complexity index is 975. The third-order valence-corrected chi connectivity index (χ3v) is 6.95. The van der Waals surface area contributed by atoms with Crippen LogP contribution in [0.2, 0.25) is 0 Å². The first kappa shape index (κ1) is 31.3. The standard InChI is InChI=1S/C24H42N6O5S/c1-15(2)13-18(14-31)28-23(33)21(16(3)4)29-22(32)20(7-6-12-27-24(25)26)30-36(34,35)19-10-8-17(5)9-11-19/h8-11,15-16,18,20-21,30-31H,6-7,12-14H2,1-5H3,(H,28,33)(H,29,32)(H4,25,26,27)/t18-,20-,21-/m0/s1. The van der Waals surface area contributed by atoms with Gasteiger partial charge in [-0.3, -0.25) is 14.6 Å². The van der Waals surface area contributed by atoms with E-state index in [0.717, 1.165) is 5.56 Å². The summed E-state index contributed by atoms with van der Waals surface area (Å²) in [6.07, 6.45) is 1.00. The van der Waals surface area contributed by atoms with Crippen molar-refractivity contribution in [2.24, 2.45) is 28.3 Å². The van der Waals surface area contributed by atoms with Gasteiger partial charge in [-0.2, -0.15) is 4.72 Å². The molecule has 0 bridgehead atoms. The molecule has 0 fully saturated rings. The smallest absolute Gasteiger partial charge is 0.243 e. The number of nitrogens with one attached hydrogen (secondary N) is 3. The zero-order chi connectivity index (χ0) is 27.5. The summed E-state index contributed by atoms with van der Waals surface area (Å²) in [6, 6.07) is 3.70. The van der Waals surface area contributed by atoms with Crippen LogP contribution in [0, 0.1) is 18.8 Å². The minimum Gasteiger partial charge on any atom is -0.394 e. The molecule has 204 valence electrons. The fraction of sp³-hybridized carbons (Fsp3) is 0.625. The average molecular weight is 527 g/mol. The number of hydrogen-bond acceptors (Lipinski definition) is 6. The highest BCUT2D eigenvalue weighted by Gasteiger charge is 2.31. The molecule has 1 rings (SSSR count). The molecule has 0 heterocycles. The molecular weight excluding hydrogens is 484 g/mol. The number of aliphatic hydroxyl groups is 1. The summed E-state index contributed by atoms with van der Waals surface area (Å²) in [5.74, 6) is -1.23. The van der Waals surface area contributed by atoms with E-state index >= 15 is 0 Å². The molecule has 0 aliphatic rings. The van der Waals surface area contributed by atoms with Gasteiger partial charge in [0.1, 0.15) is 12.1 Å². The van der Waals surface area contributed by atoms with Crippen LogP contribution in [-0.2, 0) is 19.6 Å². The Kier molecular flexibility index (Phi) is 12.8. The number of benzene rings is 1. The van der Waals surface area contributed by atoms with Gasteiger partial charge in [-0.1, -0.05) is 45.4 Å². The van der Waals surface area contributed by atoms with E-state index in [9.17, 15) is 23.1 Å². The molecule has 11 nitrogen and oxygen atoms in total. The number of rotatable bonds is 15. The molecule has 2 amide bonds. The van der Waals surface area contributed by atoms with Gasteiger partial charge in [0.05, 0.1) is 17.5 Å². The summed E-state index contributed by atoms with van der Waals surface area (Å²) in [6.45, 7) is 9.30. The summed E-state index contributed by atoms with van der Waals surface area (Å²) < 4.78 is 28.4. The predicted molar refractivity (Wildman–Crippen MR) is 140 cm³/mol. The lowest BCUT2D eigenvalue weighted by Crippen LogP contribution is -2.57. The van der Waals surface area contributed by atoms with Crippen LogP contribution in [0.1, 0.15) is 52.5 Å². The van der Waals surface area contributed by atoms with Gasteiger partial charge in [-0.25, -0.2) is 8.42 Å². The number of hydrogen-bond donors (Lipinski definition) is 6. The number of sulfonamides is 1. The second-order valence-corrected chi connectivity index (χ2v) is 11.4. The molecule has 1 aromatic carbocycles. The molecule has 0 saturated heterocycles. The van der Waals surface area contributed by atoms with Crippen molar-refractivity contribution in [1.29, 1.82) is 0 Å². The molecule has 0 aromatic heterocycles. The van der Waals surface area contributed by atoms with Crippen molar-refractivity contribution in [1.82, 2.24) is 15.4 Å². The van der Waals surface area contributed by atoms with Crippen LogP contribution in [0.5, 0.6) is 0 Å². The summed E-state index contributed by atoms with van der Waals surface area (Å²) in [5, 5.41) is 15.1. The van der Waals surface area contributed by atoms with E-state index in [2.05, 4.69) is 20.3 Å². The highest BCUT2D eigenvalue weighted by molar-refractivity contribution is 7.89. The fourth-order valence-corrected chi connectivity index (χ4v) is 4.78. The van der Waals surface area contributed by atoms with Crippen molar-refractivity contribution in [3.05, 3.63) is 29.8 Å². The molecule has 0 aliphatic heterocycles. The molecule has 0 spiro atoms. The second kappa shape index (κ2) is 14.8. The lowest BCUT2D eigenvalue weighted by molar-refractivity contribution is -0.131. The Labute approximate surface area is 214 Å². The lowest BCUT2D eigenvalue weighted by Gasteiger charge is -2.27. The third-order valence-electron chi connectivity index (χ3n) is 5.46. The maximum atomic E-state index is 13.2. The van der Waals surface area contributed by atoms with Gasteiger partial charge in [-0.15, -0.1) is 0 Å². The Hall–Kier alpha value is -2.70. The molecule has 0 radical (unpaired) electrons. The van der Waals surface area contributed by atoms with Crippen LogP contribution in [-0.4, -0.2) is 62.6 Å². The number of aryl methyl sites for hydroxylation is 1. The van der Waals surface area contributed by atoms with Gasteiger partial charge >= 0.3 is 0 Å². The van der Waals surface area contributed by atoms with Crippen LogP contribution in [0.4, 0.5) is 0 Å². The predicted octanol–water partition coefficient (Wildman–Crippen LogP) is 0.360. The number of aliphatic imine (C=N–C) groups is 1. The molecule has 12 heteroatoms. The monoisotopic (exact) mass is 526 g/mol. The molecule has 3 atom stereocenters. The van der Waals surface area contributed by atoms with Gasteiger partial charge in [0, 0.05) is 6.54 Å². The zero-order valence-corrected chi connectivity index (χ0v) is 22.6. The van der Waals surface area contributed by atoms with Crippen molar-refractivity contribution in [2.75, 3.05) is 13.2 Å². The number of carbonyl (C=O) groups excluding carboxylic acids is 2. The number of nitrogens with two attached hydrogens (primary N) is 2. The fourth-order valence-electron chi connectivity index (χ4n) is 3.55. The largest absolute Gasteiger partial charge is 0.394 e. The number of nitrogens with zero attached hydrogens (tertiary/aromatic N) is 1. The maximum Gasteiger partial charge on any atom is 0.243 e. The van der Waals surface area contributed by atoms with E-state index in [1.807, 2.05) is 20.8 Å². The topological polar surface area (TPSA) is 189 Å². The molecule has 36 heavy (non-hydrogen) atoms. The Balaban J connectivity index is 3.08. The van der Waals surface area contributed by atoms with E-state index < -0.39 is 40.0 Å². The molecule has 0 saturated carbocycles. The van der Waals surface area contributed by atoms with Crippen molar-refractivity contribution < 1.29 is 23.1 Å². The van der Waals surface area contributed by atoms with Crippen LogP contribution in [0.3, 0.4) is 0 Å². The molecule has 1 aromatic rings. The van der Waals surface area contributed by atoms with Gasteiger partial charge in [0.15, 0.2) is 5.96 Å². The lowest BCUT2D eigenvalue weighted by atomic mass is 10.00. The third kappa shape index (κ3) is 10.9. The summed E-state index contributed by atoms with van der Waals surface area (Å²) in [7, 11) is -4.02. The minimum atomic E-state index is -4.02. The van der Waals surface area contributed by atoms with Crippen molar-refractivity contribution in [3.8, 4) is 0 Å². The normalized spacial score (nSPS) is 14.2. The Morgan fingerprint density at radius 1 is 1.03 bits per heavy atom. The Morgan fingerprint density at radius 3 is 2.14 bits per heavy atom. The first-order valence-corrected chi connectivity index (χ1v) is 13.6. The molecule has 0 aliphatic carbocycles. The van der Waals surface area contributed by atoms with Crippen molar-refractivity contribution in [2.45, 2.75) is 76.9 Å². The first-order chi connectivity index (χ1) is 16.8. The number of aliphatic hydroxyl groups excluding tert-OH is 1. The van der Waals surface area contributed by atoms with Gasteiger partial charge in [0.2, 0.25) is 21.8 Å². The molecule has 8 N–H and O–H groups in total. The van der Waals surface area contributed by atoms with Crippen LogP contribution < -0.4 is 26.8 Å². The summed E-state index contributed by atoms with van der Waals surface area (Å²) in [5.41, 5.74) is 11.6. The molecular formula is C24H42N6O5S. The SMILES string of the molecule is Cc1ccc(S(=O)(=O)N[C@@H](CCCN=C(N)N)C(=O)N[C@H](C(=O)N[C@H](CO)CC(C)C)C(C)C)cc1. The number of carbonyl (C=O) groups is 2. The van der Waals surface area contributed by atoms with E-state index in [0.29, 0.717) is 12.8 Å². The van der Waals surface area contributed by atoms with E-state index in [4.69, 9.17) is 11.5 Å². The maximum absolute atomic E-state index is 13.2. The van der Waals surface area contributed by atoms with Gasteiger partial charge in [0.25, 0.3) is 0 Å². The van der Waals surface area contributed by atoms with Crippen molar-refractivity contribution >= 4 is 27.8 Å². The Morgan fingerprint density at radius 2 is 1.64 bits per heavy atom. The van der Waals surface area contributed by atoms with E-state index in [-0.39, 0.29) is 42.3 Å². The molecule has 0 unspecified atom stereocenters. The summed E-state index contributed by atoms with van der Waals surface area (Å²) >= 11 is 0. The van der Waals surface area contributed by atoms with Crippen LogP contribution in [0.15, 0.2) is 34.2 Å². The quantitative estimate of drug-likeness (QED) is 0.108. The van der Waals surface area contributed by atoms with E-state index in [1.165, 1.54) is 12.1 Å². The van der Waals surface area contributed by atoms with Gasteiger partial charge in [-0.05, 0) is 50.2 Å². The highest BCUT2D eigenvalue weighted by Crippen LogP contribution is 2.13. The van der Waals surface area contributed by atoms with Crippen LogP contribution in [0.25, 0.3) is 0 Å². The van der Waals surface area contributed by atoms with Gasteiger partial charge < -0.3 is 27.2 Å². The average Bonchev–Trinajstić information content (AvgIpc) is 2.78. The summed E-state index contributed by atoms with van der Waals surface area (Å²) in [4.78, 5) is 30.1. The zero-order valence-electron chi connectivity index (χ0n) is 21.8.